The van der Waals surface area contributed by atoms with E-state index in [4.69, 9.17) is 21.3 Å². The molecule has 0 unspecified atom stereocenters. The van der Waals surface area contributed by atoms with Gasteiger partial charge in [0.1, 0.15) is 12.1 Å². The molecular weight excluding hydrogens is 538 g/mol. The van der Waals surface area contributed by atoms with Gasteiger partial charge in [0.25, 0.3) is 0 Å². The average molecular weight is 598 g/mol. The molecule has 0 spiro atoms. The van der Waals surface area contributed by atoms with Crippen LogP contribution in [0.5, 0.6) is 0 Å². The maximum absolute atomic E-state index is 12.3. The Balaban J connectivity index is 0.00000157. The third kappa shape index (κ3) is 23.8. The summed E-state index contributed by atoms with van der Waals surface area (Å²) in [6.07, 6.45) is 21.7. The predicted octanol–water partition coefficient (Wildman–Crippen LogP) is 4.70. The molecule has 0 bridgehead atoms. The predicted molar refractivity (Wildman–Crippen MR) is 167 cm³/mol. The van der Waals surface area contributed by atoms with Gasteiger partial charge in [0.05, 0.1) is 6.61 Å². The molecule has 1 heterocycles. The number of aliphatic carboxylic acids is 1. The Labute approximate surface area is 253 Å². The lowest BCUT2D eigenvalue weighted by atomic mass is 10.0. The SMILES string of the molecule is CCCCCCCCCCCCCCCCCC(=O)N[C@@H](CCCN=C(N)N)C(=O)OCC.O=C1CC[C@@H](C(=O)O)N1. The fraction of sp³-hybridized carbons (Fsp3) is 0.839. The summed E-state index contributed by atoms with van der Waals surface area (Å²) in [5.41, 5.74) is 10.6. The van der Waals surface area contributed by atoms with E-state index in [1.807, 2.05) is 0 Å². The van der Waals surface area contributed by atoms with E-state index in [0.29, 0.717) is 38.6 Å². The zero-order chi connectivity index (χ0) is 31.4. The van der Waals surface area contributed by atoms with Crippen LogP contribution in [0.15, 0.2) is 4.99 Å². The second-order valence-corrected chi connectivity index (χ2v) is 11.0. The number of unbranched alkanes of at least 4 members (excludes halogenated alkanes) is 14. The number of carbonyl (C=O) groups excluding carboxylic acids is 3. The van der Waals surface area contributed by atoms with E-state index in [0.717, 1.165) is 12.8 Å². The minimum atomic E-state index is -0.944. The maximum Gasteiger partial charge on any atom is 0.328 e. The Kier molecular flexibility index (Phi) is 25.2. The van der Waals surface area contributed by atoms with Crippen LogP contribution in [0.1, 0.15) is 142 Å². The molecule has 0 radical (unpaired) electrons. The molecular formula is C31H59N5O6. The van der Waals surface area contributed by atoms with Gasteiger partial charge in [0, 0.05) is 19.4 Å². The van der Waals surface area contributed by atoms with Crippen LogP contribution in [0.4, 0.5) is 0 Å². The van der Waals surface area contributed by atoms with Crippen molar-refractivity contribution in [1.82, 2.24) is 10.6 Å². The smallest absolute Gasteiger partial charge is 0.328 e. The second kappa shape index (κ2) is 27.0. The topological polar surface area (TPSA) is 186 Å². The number of carbonyl (C=O) groups is 4. The number of nitrogens with one attached hydrogen (secondary N) is 2. The molecule has 2 amide bonds. The molecule has 0 aromatic rings. The number of hydrogen-bond acceptors (Lipinski definition) is 6. The second-order valence-electron chi connectivity index (χ2n) is 11.0. The van der Waals surface area contributed by atoms with Gasteiger partial charge >= 0.3 is 11.9 Å². The normalized spacial score (nSPS) is 14.7. The minimum absolute atomic E-state index is 0.0277. The maximum atomic E-state index is 12.3. The van der Waals surface area contributed by atoms with Gasteiger partial charge in [-0.25, -0.2) is 9.59 Å². The largest absolute Gasteiger partial charge is 0.480 e. The summed E-state index contributed by atoms with van der Waals surface area (Å²) in [5.74, 6) is -1.57. The molecule has 1 saturated heterocycles. The Morgan fingerprint density at radius 3 is 1.83 bits per heavy atom. The van der Waals surface area contributed by atoms with E-state index >= 15 is 0 Å². The van der Waals surface area contributed by atoms with Crippen molar-refractivity contribution in [2.75, 3.05) is 13.2 Å². The first kappa shape index (κ1) is 39.1. The van der Waals surface area contributed by atoms with Crippen molar-refractivity contribution in [2.24, 2.45) is 16.5 Å². The highest BCUT2D eigenvalue weighted by atomic mass is 16.5. The summed E-state index contributed by atoms with van der Waals surface area (Å²) in [4.78, 5) is 48.8. The first-order valence-corrected chi connectivity index (χ1v) is 16.2. The molecule has 0 saturated carbocycles. The van der Waals surface area contributed by atoms with Crippen molar-refractivity contribution in [3.63, 3.8) is 0 Å². The van der Waals surface area contributed by atoms with Gasteiger partial charge in [-0.05, 0) is 32.6 Å². The highest BCUT2D eigenvalue weighted by Crippen LogP contribution is 2.14. The van der Waals surface area contributed by atoms with Crippen LogP contribution in [0.25, 0.3) is 0 Å². The van der Waals surface area contributed by atoms with Gasteiger partial charge in [0.15, 0.2) is 5.96 Å². The first-order chi connectivity index (χ1) is 20.2. The lowest BCUT2D eigenvalue weighted by molar-refractivity contribution is -0.147. The van der Waals surface area contributed by atoms with Crippen LogP contribution >= 0.6 is 0 Å². The third-order valence-electron chi connectivity index (χ3n) is 7.15. The van der Waals surface area contributed by atoms with Crippen molar-refractivity contribution < 1.29 is 29.0 Å². The number of carboxylic acid groups (broad SMARTS) is 1. The molecule has 1 fully saturated rings. The van der Waals surface area contributed by atoms with E-state index in [9.17, 15) is 19.2 Å². The van der Waals surface area contributed by atoms with Crippen molar-refractivity contribution in [3.8, 4) is 0 Å². The summed E-state index contributed by atoms with van der Waals surface area (Å²) in [6, 6.07) is -1.28. The number of carboxylic acids is 1. The van der Waals surface area contributed by atoms with E-state index < -0.39 is 24.0 Å². The number of guanidine groups is 1. The standard InChI is InChI=1S/C26H52N4O3.C5H7NO3/c1-3-5-6-7-8-9-10-11-12-13-14-15-16-17-18-21-24(31)30-23(25(32)33-4-2)20-19-22-29-26(27)28;7-4-2-1-3(6-4)5(8)9/h23H,3-22H2,1-2H3,(H,30,31)(H4,27,28,29);3H,1-2H2,(H,6,7)(H,8,9)/t23-;3-/m00/s1. The Morgan fingerprint density at radius 1 is 0.905 bits per heavy atom. The van der Waals surface area contributed by atoms with E-state index in [2.05, 4.69) is 22.5 Å². The minimum Gasteiger partial charge on any atom is -0.480 e. The Morgan fingerprint density at radius 2 is 1.43 bits per heavy atom. The third-order valence-corrected chi connectivity index (χ3v) is 7.15. The van der Waals surface area contributed by atoms with Gasteiger partial charge < -0.3 is 31.9 Å². The number of amides is 2. The number of rotatable bonds is 24. The number of aliphatic imine (C=N–C) groups is 1. The first-order valence-electron chi connectivity index (χ1n) is 16.2. The lowest BCUT2D eigenvalue weighted by Gasteiger charge is -2.17. The zero-order valence-corrected chi connectivity index (χ0v) is 26.3. The van der Waals surface area contributed by atoms with Crippen molar-refractivity contribution in [1.29, 1.82) is 0 Å². The quantitative estimate of drug-likeness (QED) is 0.0458. The summed E-state index contributed by atoms with van der Waals surface area (Å²) < 4.78 is 5.08. The molecule has 7 N–H and O–H groups in total. The molecule has 0 aliphatic carbocycles. The van der Waals surface area contributed by atoms with Crippen molar-refractivity contribution >= 4 is 29.7 Å². The van der Waals surface area contributed by atoms with E-state index in [1.165, 1.54) is 83.5 Å². The molecule has 2 atom stereocenters. The number of hydrogen-bond donors (Lipinski definition) is 5. The van der Waals surface area contributed by atoms with Crippen LogP contribution in [0, 0.1) is 0 Å². The fourth-order valence-corrected chi connectivity index (χ4v) is 4.72. The summed E-state index contributed by atoms with van der Waals surface area (Å²) in [7, 11) is 0. The van der Waals surface area contributed by atoms with Crippen LogP contribution in [0.3, 0.4) is 0 Å². The Bertz CT molecular complexity index is 773. The van der Waals surface area contributed by atoms with Gasteiger partial charge in [0.2, 0.25) is 11.8 Å². The molecule has 0 aromatic carbocycles. The Hall–Kier alpha value is -2.85. The molecule has 0 aromatic heterocycles. The number of nitrogens with two attached hydrogens (primary N) is 2. The van der Waals surface area contributed by atoms with Crippen molar-refractivity contribution in [2.45, 2.75) is 154 Å². The van der Waals surface area contributed by atoms with Crippen molar-refractivity contribution in [3.05, 3.63) is 0 Å². The molecule has 1 aliphatic heterocycles. The average Bonchev–Trinajstić information content (AvgIpc) is 3.39. The highest BCUT2D eigenvalue weighted by molar-refractivity contribution is 5.87. The molecule has 1 aliphatic rings. The van der Waals surface area contributed by atoms with Crippen LogP contribution in [-0.4, -0.2) is 60.1 Å². The van der Waals surface area contributed by atoms with Gasteiger partial charge in [-0.2, -0.15) is 0 Å². The lowest BCUT2D eigenvalue weighted by Crippen LogP contribution is -2.42. The summed E-state index contributed by atoms with van der Waals surface area (Å²) in [6.45, 7) is 4.73. The zero-order valence-electron chi connectivity index (χ0n) is 26.3. The number of ether oxygens (including phenoxy) is 1. The molecule has 11 heteroatoms. The molecule has 42 heavy (non-hydrogen) atoms. The fourth-order valence-electron chi connectivity index (χ4n) is 4.72. The molecule has 11 nitrogen and oxygen atoms in total. The number of esters is 1. The van der Waals surface area contributed by atoms with E-state index in [1.54, 1.807) is 6.92 Å². The van der Waals surface area contributed by atoms with Crippen LogP contribution < -0.4 is 22.1 Å². The monoisotopic (exact) mass is 597 g/mol. The van der Waals surface area contributed by atoms with E-state index in [-0.39, 0.29) is 24.4 Å². The summed E-state index contributed by atoms with van der Waals surface area (Å²) in [5, 5.41) is 13.4. The molecule has 1 rings (SSSR count). The highest BCUT2D eigenvalue weighted by Gasteiger charge is 2.26. The number of nitrogens with zero attached hydrogens (tertiary/aromatic N) is 1. The van der Waals surface area contributed by atoms with Crippen LogP contribution in [-0.2, 0) is 23.9 Å². The molecule has 244 valence electrons. The van der Waals surface area contributed by atoms with Gasteiger partial charge in [-0.3, -0.25) is 14.6 Å². The van der Waals surface area contributed by atoms with Gasteiger partial charge in [-0.15, -0.1) is 0 Å². The van der Waals surface area contributed by atoms with Gasteiger partial charge in [-0.1, -0.05) is 96.8 Å². The summed E-state index contributed by atoms with van der Waals surface area (Å²) >= 11 is 0. The van der Waals surface area contributed by atoms with Crippen LogP contribution in [0.2, 0.25) is 0 Å².